The average Bonchev–Trinajstić information content (AvgIpc) is 2.67. The van der Waals surface area contributed by atoms with Gasteiger partial charge in [-0.3, -0.25) is 4.99 Å². The summed E-state index contributed by atoms with van der Waals surface area (Å²) in [5.41, 5.74) is 0. The minimum atomic E-state index is 0.406. The normalized spacial score (nSPS) is 34.2. The van der Waals surface area contributed by atoms with Crippen LogP contribution in [0.4, 0.5) is 0 Å². The Kier molecular flexibility index (Phi) is 5.89. The van der Waals surface area contributed by atoms with Crippen molar-refractivity contribution in [3.63, 3.8) is 0 Å². The topological polar surface area (TPSA) is 15.6 Å². The summed E-state index contributed by atoms with van der Waals surface area (Å²) < 4.78 is 0. The molecule has 0 bridgehead atoms. The third kappa shape index (κ3) is 3.96. The van der Waals surface area contributed by atoms with Gasteiger partial charge in [0.15, 0.2) is 5.17 Å². The first-order chi connectivity index (χ1) is 9.49. The molecule has 2 fully saturated rings. The highest BCUT2D eigenvalue weighted by Crippen LogP contribution is 2.41. The van der Waals surface area contributed by atoms with E-state index >= 15 is 0 Å². The Hall–Kier alpha value is -0.115. The zero-order valence-electron chi connectivity index (χ0n) is 13.9. The van der Waals surface area contributed by atoms with E-state index in [2.05, 4.69) is 52.2 Å². The van der Waals surface area contributed by atoms with Gasteiger partial charge in [0.05, 0.1) is 0 Å². The van der Waals surface area contributed by atoms with E-state index in [4.69, 9.17) is 4.99 Å². The van der Waals surface area contributed by atoms with Crippen LogP contribution in [0.5, 0.6) is 0 Å². The van der Waals surface area contributed by atoms with Crippen LogP contribution in [0.3, 0.4) is 0 Å². The van der Waals surface area contributed by atoms with Crippen LogP contribution in [0.2, 0.25) is 5.82 Å². The molecule has 1 aliphatic carbocycles. The quantitative estimate of drug-likeness (QED) is 0.721. The van der Waals surface area contributed by atoms with E-state index in [1.165, 1.54) is 43.7 Å². The lowest BCUT2D eigenvalue weighted by atomic mass is 9.79. The van der Waals surface area contributed by atoms with Gasteiger partial charge >= 0.3 is 0 Å². The smallest absolute Gasteiger partial charge is 0.160 e. The van der Waals surface area contributed by atoms with Crippen LogP contribution in [0.25, 0.3) is 0 Å². The predicted octanol–water partition coefficient (Wildman–Crippen LogP) is 3.72. The van der Waals surface area contributed by atoms with Crippen LogP contribution in [0.15, 0.2) is 4.99 Å². The van der Waals surface area contributed by atoms with E-state index in [1.54, 1.807) is 0 Å². The van der Waals surface area contributed by atoms with E-state index in [0.29, 0.717) is 12.1 Å². The largest absolute Gasteiger partial charge is 0.345 e. The summed E-state index contributed by atoms with van der Waals surface area (Å²) in [5.74, 6) is 0.875. The molecule has 2 nitrogen and oxygen atoms in total. The van der Waals surface area contributed by atoms with Crippen molar-refractivity contribution in [1.82, 2.24) is 4.90 Å². The van der Waals surface area contributed by atoms with Crippen LogP contribution in [0.1, 0.15) is 66.2 Å². The summed E-state index contributed by atoms with van der Waals surface area (Å²) in [4.78, 5) is 7.55. The number of nitrogens with zero attached hydrogens (tertiary/aromatic N) is 2. The lowest BCUT2D eigenvalue weighted by Crippen LogP contribution is -2.42. The van der Waals surface area contributed by atoms with E-state index in [0.717, 1.165) is 17.1 Å². The Bertz CT molecular complexity index is 343. The average molecular weight is 294 g/mol. The summed E-state index contributed by atoms with van der Waals surface area (Å²) in [6.07, 6.45) is 8.39. The molecule has 3 unspecified atom stereocenters. The summed E-state index contributed by atoms with van der Waals surface area (Å²) in [7, 11) is 2.44. The Labute approximate surface area is 130 Å². The van der Waals surface area contributed by atoms with Gasteiger partial charge in [0.1, 0.15) is 7.85 Å². The fourth-order valence-corrected chi connectivity index (χ4v) is 5.44. The fourth-order valence-electron chi connectivity index (χ4n) is 3.59. The van der Waals surface area contributed by atoms with E-state index in [9.17, 15) is 0 Å². The summed E-state index contributed by atoms with van der Waals surface area (Å²) in [6.45, 7) is 9.05. The molecule has 0 spiro atoms. The number of hydrogen-bond donors (Lipinski definition) is 0. The van der Waals surface area contributed by atoms with Gasteiger partial charge in [-0.2, -0.15) is 0 Å². The van der Waals surface area contributed by atoms with Crippen LogP contribution in [-0.4, -0.2) is 41.3 Å². The van der Waals surface area contributed by atoms with Gasteiger partial charge in [0, 0.05) is 23.4 Å². The molecule has 3 atom stereocenters. The third-order valence-corrected chi connectivity index (χ3v) is 5.86. The fraction of sp³-hybridized carbons (Fsp3) is 0.938. The second-order valence-corrected chi connectivity index (χ2v) is 8.42. The van der Waals surface area contributed by atoms with Crippen molar-refractivity contribution >= 4 is 24.8 Å². The first kappa shape index (κ1) is 16.3. The maximum Gasteiger partial charge on any atom is 0.160 e. The molecule has 0 amide bonds. The number of thioether (sulfide) groups is 1. The monoisotopic (exact) mass is 294 g/mol. The maximum absolute atomic E-state index is 4.92. The highest BCUT2D eigenvalue weighted by molar-refractivity contribution is 8.14. The molecular weight excluding hydrogens is 263 g/mol. The Morgan fingerprint density at radius 3 is 2.50 bits per heavy atom. The van der Waals surface area contributed by atoms with Crippen molar-refractivity contribution < 1.29 is 0 Å². The molecule has 2 rings (SSSR count). The molecule has 1 heterocycles. The molecule has 2 aliphatic rings. The molecule has 0 N–H and O–H groups in total. The molecule has 114 valence electrons. The van der Waals surface area contributed by atoms with Crippen molar-refractivity contribution in [2.24, 2.45) is 4.99 Å². The first-order valence-electron chi connectivity index (χ1n) is 8.51. The second kappa shape index (κ2) is 7.24. The van der Waals surface area contributed by atoms with E-state index in [-0.39, 0.29) is 0 Å². The van der Waals surface area contributed by atoms with Crippen LogP contribution in [0, 0.1) is 0 Å². The van der Waals surface area contributed by atoms with Crippen molar-refractivity contribution in [3.05, 3.63) is 0 Å². The Balaban J connectivity index is 2.21. The van der Waals surface area contributed by atoms with Crippen molar-refractivity contribution in [1.29, 1.82) is 0 Å². The van der Waals surface area contributed by atoms with Crippen LogP contribution in [-0.2, 0) is 0 Å². The SMILES string of the molecule is BC1CCCCCC2C(C1)S/C(=N\C(C)C)N2C(C)C. The number of amidine groups is 1. The molecule has 4 heteroatoms. The van der Waals surface area contributed by atoms with Crippen molar-refractivity contribution in [3.8, 4) is 0 Å². The molecule has 0 aromatic carbocycles. The molecular formula is C16H31BN2S. The van der Waals surface area contributed by atoms with Crippen LogP contribution >= 0.6 is 11.8 Å². The zero-order chi connectivity index (χ0) is 14.7. The van der Waals surface area contributed by atoms with Gasteiger partial charge < -0.3 is 4.90 Å². The second-order valence-electron chi connectivity index (χ2n) is 7.21. The lowest BCUT2D eigenvalue weighted by molar-refractivity contribution is 0.250. The zero-order valence-corrected chi connectivity index (χ0v) is 14.7. The standard InChI is InChI=1S/C16H31BN2S/c1-11(2)18-16-19(12(3)4)14-9-7-5-6-8-13(17)10-15(14)20-16/h11-15H,5-10,17H2,1-4H3/b18-16-. The number of fused-ring (bicyclic) bond motifs is 1. The molecule has 0 radical (unpaired) electrons. The predicted molar refractivity (Wildman–Crippen MR) is 94.7 cm³/mol. The molecule has 1 aliphatic heterocycles. The molecule has 20 heavy (non-hydrogen) atoms. The lowest BCUT2D eigenvalue weighted by Gasteiger charge is -2.32. The van der Waals surface area contributed by atoms with Gasteiger partial charge in [-0.25, -0.2) is 0 Å². The number of aliphatic imine (C=N–C) groups is 1. The minimum absolute atomic E-state index is 0.406. The van der Waals surface area contributed by atoms with Gasteiger partial charge in [0.2, 0.25) is 0 Å². The van der Waals surface area contributed by atoms with E-state index < -0.39 is 0 Å². The molecule has 0 aromatic rings. The molecule has 1 saturated carbocycles. The number of hydrogen-bond acceptors (Lipinski definition) is 2. The Morgan fingerprint density at radius 1 is 1.15 bits per heavy atom. The van der Waals surface area contributed by atoms with Crippen molar-refractivity contribution in [2.75, 3.05) is 0 Å². The third-order valence-electron chi connectivity index (χ3n) is 4.52. The van der Waals surface area contributed by atoms with Crippen LogP contribution < -0.4 is 0 Å². The van der Waals surface area contributed by atoms with Gasteiger partial charge in [-0.1, -0.05) is 43.3 Å². The van der Waals surface area contributed by atoms with E-state index in [1.807, 2.05) is 0 Å². The van der Waals surface area contributed by atoms with Crippen molar-refractivity contribution in [2.45, 2.75) is 95.4 Å². The summed E-state index contributed by atoms with van der Waals surface area (Å²) in [6, 6.07) is 1.70. The summed E-state index contributed by atoms with van der Waals surface area (Å²) in [5, 5.41) is 2.08. The first-order valence-corrected chi connectivity index (χ1v) is 9.39. The maximum atomic E-state index is 4.92. The number of rotatable bonds is 2. The van der Waals surface area contributed by atoms with Gasteiger partial charge in [-0.15, -0.1) is 0 Å². The highest BCUT2D eigenvalue weighted by Gasteiger charge is 2.40. The highest BCUT2D eigenvalue weighted by atomic mass is 32.2. The molecule has 0 aromatic heterocycles. The van der Waals surface area contributed by atoms with Gasteiger partial charge in [0.25, 0.3) is 0 Å². The Morgan fingerprint density at radius 2 is 1.85 bits per heavy atom. The summed E-state index contributed by atoms with van der Waals surface area (Å²) >= 11 is 2.07. The van der Waals surface area contributed by atoms with Gasteiger partial charge in [-0.05, 0) is 40.5 Å². The minimum Gasteiger partial charge on any atom is -0.345 e. The molecule has 1 saturated heterocycles.